The average molecular weight is 526 g/mol. The SMILES string of the molecule is CC(NC(=O)c1ncc2c(n1)N(C(=O)Nc1cc(OCC(O)CO)ncn1)[C@H]1CCCN2C1)C(F)(F)F. The molecule has 13 nitrogen and oxygen atoms in total. The molecular weight excluding hydrogens is 501 g/mol. The molecule has 3 atom stereocenters. The van der Waals surface area contributed by atoms with Gasteiger partial charge in [0.25, 0.3) is 5.91 Å². The Morgan fingerprint density at radius 1 is 1.30 bits per heavy atom. The maximum Gasteiger partial charge on any atom is 0.408 e. The lowest BCUT2D eigenvalue weighted by Crippen LogP contribution is -2.56. The zero-order chi connectivity index (χ0) is 26.7. The molecule has 0 aliphatic carbocycles. The number of carbonyl (C=O) groups excluding carboxylic acids is 2. The largest absolute Gasteiger partial charge is 0.475 e. The predicted molar refractivity (Wildman–Crippen MR) is 122 cm³/mol. The highest BCUT2D eigenvalue weighted by Gasteiger charge is 2.40. The third-order valence-electron chi connectivity index (χ3n) is 5.85. The molecule has 3 amide bonds. The normalized spacial score (nSPS) is 18.5. The van der Waals surface area contributed by atoms with E-state index in [4.69, 9.17) is 9.84 Å². The average Bonchev–Trinajstić information content (AvgIpc) is 2.86. The number of carbonyl (C=O) groups is 2. The van der Waals surface area contributed by atoms with E-state index in [9.17, 15) is 27.9 Å². The van der Waals surface area contributed by atoms with Gasteiger partial charge in [-0.05, 0) is 19.8 Å². The number of fused-ring (bicyclic) bond motifs is 4. The van der Waals surface area contributed by atoms with Crippen molar-refractivity contribution in [1.29, 1.82) is 0 Å². The Bertz CT molecular complexity index is 1150. The Labute approximate surface area is 208 Å². The van der Waals surface area contributed by atoms with Crippen LogP contribution in [-0.2, 0) is 0 Å². The lowest BCUT2D eigenvalue weighted by Gasteiger charge is -2.45. The van der Waals surface area contributed by atoms with Crippen LogP contribution >= 0.6 is 0 Å². The van der Waals surface area contributed by atoms with Gasteiger partial charge in [0.05, 0.1) is 24.5 Å². The van der Waals surface area contributed by atoms with E-state index in [-0.39, 0.29) is 30.2 Å². The molecule has 0 aromatic carbocycles. The lowest BCUT2D eigenvalue weighted by molar-refractivity contribution is -0.149. The van der Waals surface area contributed by atoms with Crippen molar-refractivity contribution in [3.63, 3.8) is 0 Å². The number of nitrogens with zero attached hydrogens (tertiary/aromatic N) is 6. The van der Waals surface area contributed by atoms with Crippen molar-refractivity contribution in [2.75, 3.05) is 41.4 Å². The summed E-state index contributed by atoms with van der Waals surface area (Å²) in [6, 6.07) is -1.76. The summed E-state index contributed by atoms with van der Waals surface area (Å²) in [5.41, 5.74) is 0.469. The number of hydrogen-bond acceptors (Lipinski definition) is 10. The topological polar surface area (TPSA) is 166 Å². The van der Waals surface area contributed by atoms with Gasteiger partial charge in [0, 0.05) is 19.2 Å². The van der Waals surface area contributed by atoms with Crippen LogP contribution in [0.15, 0.2) is 18.6 Å². The molecular formula is C21H25F3N8O5. The van der Waals surface area contributed by atoms with Gasteiger partial charge in [0.15, 0.2) is 5.82 Å². The summed E-state index contributed by atoms with van der Waals surface area (Å²) in [6.45, 7) is 1.23. The number of ether oxygens (including phenoxy) is 1. The molecule has 2 aliphatic heterocycles. The maximum absolute atomic E-state index is 13.4. The van der Waals surface area contributed by atoms with E-state index in [1.165, 1.54) is 17.2 Å². The van der Waals surface area contributed by atoms with Gasteiger partial charge in [-0.2, -0.15) is 13.2 Å². The minimum absolute atomic E-state index is 0.0424. The summed E-state index contributed by atoms with van der Waals surface area (Å²) in [5.74, 6) is -1.43. The summed E-state index contributed by atoms with van der Waals surface area (Å²) in [6.07, 6.45) is -1.89. The number of aliphatic hydroxyl groups is 2. The number of nitrogens with one attached hydrogen (secondary N) is 2. The Morgan fingerprint density at radius 2 is 2.08 bits per heavy atom. The molecule has 37 heavy (non-hydrogen) atoms. The number of alkyl halides is 3. The number of aliphatic hydroxyl groups excluding tert-OH is 2. The molecule has 0 radical (unpaired) electrons. The smallest absolute Gasteiger partial charge is 0.408 e. The zero-order valence-corrected chi connectivity index (χ0v) is 19.6. The fraction of sp³-hybridized carbons (Fsp3) is 0.524. The van der Waals surface area contributed by atoms with Gasteiger partial charge < -0.3 is 25.2 Å². The molecule has 2 unspecified atom stereocenters. The lowest BCUT2D eigenvalue weighted by atomic mass is 10.0. The highest BCUT2D eigenvalue weighted by atomic mass is 19.4. The van der Waals surface area contributed by atoms with E-state index in [2.05, 4.69) is 25.3 Å². The molecule has 1 saturated heterocycles. The molecule has 0 saturated carbocycles. The van der Waals surface area contributed by atoms with E-state index in [0.29, 0.717) is 25.2 Å². The van der Waals surface area contributed by atoms with Crippen LogP contribution in [0.1, 0.15) is 30.4 Å². The van der Waals surface area contributed by atoms with Gasteiger partial charge >= 0.3 is 12.2 Å². The second kappa shape index (κ2) is 10.7. The van der Waals surface area contributed by atoms with E-state index in [1.54, 1.807) is 0 Å². The molecule has 16 heteroatoms. The molecule has 2 aromatic rings. The summed E-state index contributed by atoms with van der Waals surface area (Å²) in [4.78, 5) is 45.1. The summed E-state index contributed by atoms with van der Waals surface area (Å²) >= 11 is 0. The van der Waals surface area contributed by atoms with E-state index in [1.807, 2.05) is 10.2 Å². The second-order valence-electron chi connectivity index (χ2n) is 8.57. The van der Waals surface area contributed by atoms with Crippen molar-refractivity contribution in [1.82, 2.24) is 25.3 Å². The minimum atomic E-state index is -4.64. The fourth-order valence-electron chi connectivity index (χ4n) is 3.93. The van der Waals surface area contributed by atoms with Crippen LogP contribution in [0, 0.1) is 0 Å². The molecule has 1 fully saturated rings. The number of urea groups is 1. The fourth-order valence-corrected chi connectivity index (χ4v) is 3.93. The quantitative estimate of drug-likeness (QED) is 0.403. The predicted octanol–water partition coefficient (Wildman–Crippen LogP) is 0.700. The van der Waals surface area contributed by atoms with Crippen LogP contribution in [-0.4, -0.2) is 92.8 Å². The second-order valence-corrected chi connectivity index (χ2v) is 8.57. The zero-order valence-electron chi connectivity index (χ0n) is 19.6. The third kappa shape index (κ3) is 5.96. The van der Waals surface area contributed by atoms with Crippen LogP contribution in [0.2, 0.25) is 0 Å². The Kier molecular flexibility index (Phi) is 7.58. The first kappa shape index (κ1) is 26.3. The molecule has 4 N–H and O–H groups in total. The standard InChI is InChI=1S/C21H25F3N8O5/c1-11(21(22,23)24)28-19(35)17-25-6-14-18(30-17)32(12-3-2-4-31(14)7-12)20(36)29-15-5-16(27-10-26-15)37-9-13(34)8-33/h5-6,10-13,33-34H,2-4,7-9H2,1H3,(H,28,35)(H,26,27,29,36)/t11?,12-,13?/m0/s1. The van der Waals surface area contributed by atoms with Crippen LogP contribution in [0.3, 0.4) is 0 Å². The minimum Gasteiger partial charge on any atom is -0.475 e. The van der Waals surface area contributed by atoms with Crippen molar-refractivity contribution >= 4 is 29.3 Å². The van der Waals surface area contributed by atoms with Crippen LogP contribution in [0.25, 0.3) is 0 Å². The molecule has 4 rings (SSSR count). The van der Waals surface area contributed by atoms with Gasteiger partial charge in [0.1, 0.15) is 30.9 Å². The summed E-state index contributed by atoms with van der Waals surface area (Å²) < 4.78 is 44.0. The number of aromatic nitrogens is 4. The van der Waals surface area contributed by atoms with Crippen LogP contribution in [0.4, 0.5) is 35.3 Å². The highest BCUT2D eigenvalue weighted by Crippen LogP contribution is 2.37. The van der Waals surface area contributed by atoms with Crippen molar-refractivity contribution in [3.8, 4) is 5.88 Å². The number of halogens is 3. The van der Waals surface area contributed by atoms with Gasteiger partial charge in [-0.1, -0.05) is 0 Å². The molecule has 2 aliphatic rings. The number of rotatable bonds is 7. The first-order valence-electron chi connectivity index (χ1n) is 11.4. The summed E-state index contributed by atoms with van der Waals surface area (Å²) in [5, 5.41) is 22.8. The van der Waals surface area contributed by atoms with Gasteiger partial charge in [0.2, 0.25) is 11.7 Å². The Balaban J connectivity index is 1.57. The van der Waals surface area contributed by atoms with E-state index >= 15 is 0 Å². The van der Waals surface area contributed by atoms with Crippen molar-refractivity contribution < 1.29 is 37.7 Å². The van der Waals surface area contributed by atoms with Crippen LogP contribution < -0.4 is 25.2 Å². The molecule has 2 bridgehead atoms. The monoisotopic (exact) mass is 526 g/mol. The van der Waals surface area contributed by atoms with Gasteiger partial charge in [-0.3, -0.25) is 15.0 Å². The van der Waals surface area contributed by atoms with Gasteiger partial charge in [-0.25, -0.2) is 24.7 Å². The van der Waals surface area contributed by atoms with E-state index < -0.39 is 42.7 Å². The third-order valence-corrected chi connectivity index (χ3v) is 5.85. The van der Waals surface area contributed by atoms with Crippen molar-refractivity contribution in [2.45, 2.75) is 44.1 Å². The Morgan fingerprint density at radius 3 is 2.81 bits per heavy atom. The maximum atomic E-state index is 13.4. The number of amides is 3. The number of piperidine rings is 1. The van der Waals surface area contributed by atoms with Gasteiger partial charge in [-0.15, -0.1) is 0 Å². The summed E-state index contributed by atoms with van der Waals surface area (Å²) in [7, 11) is 0. The molecule has 4 heterocycles. The Hall–Kier alpha value is -3.79. The molecule has 200 valence electrons. The van der Waals surface area contributed by atoms with E-state index in [0.717, 1.165) is 19.7 Å². The molecule has 2 aromatic heterocycles. The number of anilines is 3. The first-order chi connectivity index (χ1) is 17.6. The highest BCUT2D eigenvalue weighted by molar-refractivity contribution is 6.04. The molecule has 0 spiro atoms. The number of hydrogen-bond donors (Lipinski definition) is 4. The van der Waals surface area contributed by atoms with Crippen molar-refractivity contribution in [2.24, 2.45) is 0 Å². The first-order valence-corrected chi connectivity index (χ1v) is 11.4. The van der Waals surface area contributed by atoms with Crippen molar-refractivity contribution in [3.05, 3.63) is 24.4 Å². The van der Waals surface area contributed by atoms with Crippen LogP contribution in [0.5, 0.6) is 5.88 Å².